The summed E-state index contributed by atoms with van der Waals surface area (Å²) in [6, 6.07) is 13.7. The molecule has 0 amide bonds. The molecule has 0 aromatic heterocycles. The first-order valence-electron chi connectivity index (χ1n) is 6.90. The average Bonchev–Trinajstić information content (AvgIpc) is 3.01. The van der Waals surface area contributed by atoms with Crippen LogP contribution in [0.1, 0.15) is 28.8 Å². The van der Waals surface area contributed by atoms with Gasteiger partial charge in [0.2, 0.25) is 0 Å². The van der Waals surface area contributed by atoms with E-state index >= 15 is 0 Å². The van der Waals surface area contributed by atoms with Gasteiger partial charge in [0.1, 0.15) is 5.82 Å². The lowest BCUT2D eigenvalue weighted by atomic mass is 10.0. The number of rotatable bonds is 3. The van der Waals surface area contributed by atoms with E-state index < -0.39 is 5.82 Å². The summed E-state index contributed by atoms with van der Waals surface area (Å²) in [5.74, 6) is -0.709. The minimum atomic E-state index is -0.441. The van der Waals surface area contributed by atoms with Crippen molar-refractivity contribution in [3.63, 3.8) is 0 Å². The molecule has 0 saturated carbocycles. The Labute approximate surface area is 117 Å². The van der Waals surface area contributed by atoms with Crippen molar-refractivity contribution in [3.05, 3.63) is 65.5 Å². The molecule has 3 heteroatoms. The molecule has 3 rings (SSSR count). The number of nitrogens with zero attached hydrogens (tertiary/aromatic N) is 1. The molecule has 20 heavy (non-hydrogen) atoms. The maximum atomic E-state index is 14.2. The summed E-state index contributed by atoms with van der Waals surface area (Å²) in [5.41, 5.74) is 1.52. The van der Waals surface area contributed by atoms with E-state index in [0.717, 1.165) is 31.6 Å². The topological polar surface area (TPSA) is 20.3 Å². The molecule has 0 radical (unpaired) electrons. The highest BCUT2D eigenvalue weighted by Gasteiger charge is 2.17. The lowest BCUT2D eigenvalue weighted by Gasteiger charge is -2.18. The second-order valence-electron chi connectivity index (χ2n) is 5.05. The molecule has 2 aromatic carbocycles. The van der Waals surface area contributed by atoms with Crippen molar-refractivity contribution in [3.8, 4) is 0 Å². The third kappa shape index (κ3) is 2.44. The Hall–Kier alpha value is -2.16. The van der Waals surface area contributed by atoms with E-state index in [0.29, 0.717) is 5.56 Å². The van der Waals surface area contributed by atoms with Gasteiger partial charge in [0.05, 0.1) is 5.56 Å². The summed E-state index contributed by atoms with van der Waals surface area (Å²) >= 11 is 0. The van der Waals surface area contributed by atoms with Crippen LogP contribution in [-0.4, -0.2) is 18.9 Å². The van der Waals surface area contributed by atoms with Crippen LogP contribution in [0.5, 0.6) is 0 Å². The zero-order valence-corrected chi connectivity index (χ0v) is 11.2. The molecule has 0 spiro atoms. The van der Waals surface area contributed by atoms with Gasteiger partial charge < -0.3 is 4.90 Å². The fourth-order valence-corrected chi connectivity index (χ4v) is 2.61. The Kier molecular flexibility index (Phi) is 3.50. The SMILES string of the molecule is O=C(c1ccccc1)c1ccc(N2CCCC2)cc1F. The van der Waals surface area contributed by atoms with Crippen LogP contribution < -0.4 is 4.90 Å². The van der Waals surface area contributed by atoms with Gasteiger partial charge in [0, 0.05) is 24.3 Å². The quantitative estimate of drug-likeness (QED) is 0.793. The maximum absolute atomic E-state index is 14.2. The van der Waals surface area contributed by atoms with E-state index in [9.17, 15) is 9.18 Å². The van der Waals surface area contributed by atoms with Crippen molar-refractivity contribution in [1.82, 2.24) is 0 Å². The molecule has 1 fully saturated rings. The highest BCUT2D eigenvalue weighted by atomic mass is 19.1. The van der Waals surface area contributed by atoms with E-state index in [4.69, 9.17) is 0 Å². The fourth-order valence-electron chi connectivity index (χ4n) is 2.61. The van der Waals surface area contributed by atoms with E-state index in [1.54, 1.807) is 30.3 Å². The molecule has 0 aliphatic carbocycles. The number of carbonyl (C=O) groups is 1. The smallest absolute Gasteiger partial charge is 0.195 e. The van der Waals surface area contributed by atoms with Crippen LogP contribution in [0, 0.1) is 5.82 Å². The van der Waals surface area contributed by atoms with E-state index in [1.165, 1.54) is 6.07 Å². The van der Waals surface area contributed by atoms with Gasteiger partial charge in [-0.2, -0.15) is 0 Å². The molecular weight excluding hydrogens is 253 g/mol. The number of ketones is 1. The number of anilines is 1. The highest BCUT2D eigenvalue weighted by Crippen LogP contribution is 2.24. The average molecular weight is 269 g/mol. The van der Waals surface area contributed by atoms with Crippen LogP contribution in [0.15, 0.2) is 48.5 Å². The molecule has 2 aromatic rings. The number of hydrogen-bond acceptors (Lipinski definition) is 2. The first kappa shape index (κ1) is 12.9. The van der Waals surface area contributed by atoms with Gasteiger partial charge in [-0.05, 0) is 31.0 Å². The van der Waals surface area contributed by atoms with Gasteiger partial charge in [-0.15, -0.1) is 0 Å². The van der Waals surface area contributed by atoms with Crippen molar-refractivity contribution < 1.29 is 9.18 Å². The summed E-state index contributed by atoms with van der Waals surface area (Å²) in [7, 11) is 0. The van der Waals surface area contributed by atoms with Gasteiger partial charge in [0.15, 0.2) is 5.78 Å². The lowest BCUT2D eigenvalue weighted by Crippen LogP contribution is -2.18. The largest absolute Gasteiger partial charge is 0.371 e. The van der Waals surface area contributed by atoms with Crippen LogP contribution >= 0.6 is 0 Å². The van der Waals surface area contributed by atoms with Crippen LogP contribution in [0.2, 0.25) is 0 Å². The second-order valence-corrected chi connectivity index (χ2v) is 5.05. The molecule has 0 N–H and O–H groups in total. The molecule has 0 unspecified atom stereocenters. The summed E-state index contributed by atoms with van der Waals surface area (Å²) in [5, 5.41) is 0. The Morgan fingerprint density at radius 1 is 1.00 bits per heavy atom. The van der Waals surface area contributed by atoms with Gasteiger partial charge >= 0.3 is 0 Å². The fraction of sp³-hybridized carbons (Fsp3) is 0.235. The molecule has 2 nitrogen and oxygen atoms in total. The third-order valence-electron chi connectivity index (χ3n) is 3.70. The number of hydrogen-bond donors (Lipinski definition) is 0. The summed E-state index contributed by atoms with van der Waals surface area (Å²) < 4.78 is 14.2. The monoisotopic (exact) mass is 269 g/mol. The molecule has 1 aliphatic rings. The lowest BCUT2D eigenvalue weighted by molar-refractivity contribution is 0.103. The van der Waals surface area contributed by atoms with Crippen molar-refractivity contribution in [2.24, 2.45) is 0 Å². The van der Waals surface area contributed by atoms with Crippen molar-refractivity contribution >= 4 is 11.5 Å². The minimum absolute atomic E-state index is 0.138. The Morgan fingerprint density at radius 3 is 2.35 bits per heavy atom. The van der Waals surface area contributed by atoms with Gasteiger partial charge in [-0.25, -0.2) is 4.39 Å². The Balaban J connectivity index is 1.89. The molecule has 1 saturated heterocycles. The Morgan fingerprint density at radius 2 is 1.70 bits per heavy atom. The Bertz CT molecular complexity index is 618. The first-order chi connectivity index (χ1) is 9.75. The van der Waals surface area contributed by atoms with E-state index in [1.807, 2.05) is 12.1 Å². The minimum Gasteiger partial charge on any atom is -0.371 e. The summed E-state index contributed by atoms with van der Waals surface area (Å²) in [4.78, 5) is 14.4. The number of carbonyl (C=O) groups excluding carboxylic acids is 1. The highest BCUT2D eigenvalue weighted by molar-refractivity contribution is 6.09. The van der Waals surface area contributed by atoms with Crippen LogP contribution in [0.25, 0.3) is 0 Å². The molecular formula is C17H16FNO. The molecule has 0 bridgehead atoms. The van der Waals surface area contributed by atoms with Crippen molar-refractivity contribution in [1.29, 1.82) is 0 Å². The van der Waals surface area contributed by atoms with Gasteiger partial charge in [-0.1, -0.05) is 30.3 Å². The van der Waals surface area contributed by atoms with Crippen LogP contribution in [-0.2, 0) is 0 Å². The number of benzene rings is 2. The van der Waals surface area contributed by atoms with E-state index in [-0.39, 0.29) is 11.3 Å². The van der Waals surface area contributed by atoms with Crippen LogP contribution in [0.3, 0.4) is 0 Å². The van der Waals surface area contributed by atoms with Gasteiger partial charge in [0.25, 0.3) is 0 Å². The zero-order valence-electron chi connectivity index (χ0n) is 11.2. The van der Waals surface area contributed by atoms with Gasteiger partial charge in [-0.3, -0.25) is 4.79 Å². The molecule has 102 valence electrons. The zero-order chi connectivity index (χ0) is 13.9. The predicted molar refractivity (Wildman–Crippen MR) is 77.7 cm³/mol. The molecule has 1 heterocycles. The normalized spacial score (nSPS) is 14.6. The predicted octanol–water partition coefficient (Wildman–Crippen LogP) is 3.66. The summed E-state index contributed by atoms with van der Waals surface area (Å²) in [6.45, 7) is 1.93. The van der Waals surface area contributed by atoms with Crippen molar-refractivity contribution in [2.75, 3.05) is 18.0 Å². The molecule has 1 aliphatic heterocycles. The standard InChI is InChI=1S/C17H16FNO/c18-16-12-14(19-10-4-5-11-19)8-9-15(16)17(20)13-6-2-1-3-7-13/h1-3,6-9,12H,4-5,10-11H2. The summed E-state index contributed by atoms with van der Waals surface area (Å²) in [6.07, 6.45) is 2.29. The maximum Gasteiger partial charge on any atom is 0.195 e. The first-order valence-corrected chi connectivity index (χ1v) is 6.90. The number of halogens is 1. The van der Waals surface area contributed by atoms with Crippen molar-refractivity contribution in [2.45, 2.75) is 12.8 Å². The second kappa shape index (κ2) is 5.45. The third-order valence-corrected chi connectivity index (χ3v) is 3.70. The van der Waals surface area contributed by atoms with Crippen LogP contribution in [0.4, 0.5) is 10.1 Å². The van der Waals surface area contributed by atoms with E-state index in [2.05, 4.69) is 4.90 Å². The molecule has 0 atom stereocenters.